The third-order valence-electron chi connectivity index (χ3n) is 16.2. The van der Waals surface area contributed by atoms with Gasteiger partial charge in [0.15, 0.2) is 6.10 Å². The lowest BCUT2D eigenvalue weighted by atomic mass is 10.0. The molecule has 0 amide bonds. The van der Waals surface area contributed by atoms with Gasteiger partial charge in [0.2, 0.25) is 0 Å². The Balaban J connectivity index is 4.31. The van der Waals surface area contributed by atoms with Gasteiger partial charge in [-0.1, -0.05) is 325 Å². The minimum Gasteiger partial charge on any atom is -0.462 e. The Morgan fingerprint density at radius 2 is 0.470 bits per heavy atom. The van der Waals surface area contributed by atoms with E-state index >= 15 is 0 Å². The smallest absolute Gasteiger partial charge is 0.306 e. The third-order valence-corrected chi connectivity index (χ3v) is 16.2. The molecule has 1 unspecified atom stereocenters. The number of carbonyl (C=O) groups excluding carboxylic acids is 3. The summed E-state index contributed by atoms with van der Waals surface area (Å²) < 4.78 is 17.0. The third kappa shape index (κ3) is 69.5. The van der Waals surface area contributed by atoms with Gasteiger partial charge in [0.1, 0.15) is 13.2 Å². The second-order valence-corrected chi connectivity index (χ2v) is 24.5. The van der Waals surface area contributed by atoms with Crippen LogP contribution in [0.2, 0.25) is 0 Å². The molecule has 6 heteroatoms. The minimum atomic E-state index is -0.783. The fourth-order valence-corrected chi connectivity index (χ4v) is 10.7. The van der Waals surface area contributed by atoms with Crippen LogP contribution in [0, 0.1) is 0 Å². The van der Waals surface area contributed by atoms with Crippen molar-refractivity contribution in [2.24, 2.45) is 0 Å². The molecule has 0 aromatic carbocycles. The summed E-state index contributed by atoms with van der Waals surface area (Å²) in [6.07, 6.45) is 93.6. The van der Waals surface area contributed by atoms with Crippen LogP contribution in [0.5, 0.6) is 0 Å². The summed E-state index contributed by atoms with van der Waals surface area (Å²) >= 11 is 0. The van der Waals surface area contributed by atoms with Gasteiger partial charge >= 0.3 is 17.9 Å². The molecular weight excluding hydrogens is 1020 g/mol. The van der Waals surface area contributed by atoms with Gasteiger partial charge in [-0.3, -0.25) is 14.4 Å². The number of rotatable bonds is 67. The number of hydrogen-bond acceptors (Lipinski definition) is 6. The zero-order valence-electron chi connectivity index (χ0n) is 55.5. The van der Waals surface area contributed by atoms with Crippen LogP contribution < -0.4 is 0 Å². The van der Waals surface area contributed by atoms with E-state index in [0.717, 1.165) is 89.9 Å². The fourth-order valence-electron chi connectivity index (χ4n) is 10.7. The number of esters is 3. The highest BCUT2D eigenvalue weighted by Crippen LogP contribution is 2.18. The van der Waals surface area contributed by atoms with E-state index in [1.165, 1.54) is 250 Å². The molecule has 1 atom stereocenters. The lowest BCUT2D eigenvalue weighted by Crippen LogP contribution is -2.30. The zero-order chi connectivity index (χ0) is 59.9. The standard InChI is InChI=1S/C77H138O6/c1-4-7-10-13-16-19-22-25-28-31-33-35-36-37-38-39-40-42-43-46-49-52-55-58-61-64-67-70-76(79)82-73-74(72-81-75(78)69-66-63-60-57-54-51-48-45-30-27-24-21-18-15-12-9-6-3)83-77(80)71-68-65-62-59-56-53-50-47-44-41-34-32-29-26-23-20-17-14-11-8-5-2/h8,11,17,20,26-27,29-31,33-34,41,74H,4-7,9-10,12-16,18-19,21-25,28,32,35-40,42-73H2,1-3H3/b11-8-,20-17-,29-26-,30-27-,33-31-,41-34-. The number of hydrogen-bond donors (Lipinski definition) is 0. The summed E-state index contributed by atoms with van der Waals surface area (Å²) in [6, 6.07) is 0. The van der Waals surface area contributed by atoms with Gasteiger partial charge in [0.25, 0.3) is 0 Å². The highest BCUT2D eigenvalue weighted by molar-refractivity contribution is 5.71. The molecule has 482 valence electrons. The van der Waals surface area contributed by atoms with Crippen LogP contribution in [0.25, 0.3) is 0 Å². The van der Waals surface area contributed by atoms with Crippen molar-refractivity contribution in [2.75, 3.05) is 13.2 Å². The van der Waals surface area contributed by atoms with Gasteiger partial charge in [-0.15, -0.1) is 0 Å². The molecule has 0 aliphatic carbocycles. The van der Waals surface area contributed by atoms with Crippen LogP contribution in [0.4, 0.5) is 0 Å². The van der Waals surface area contributed by atoms with E-state index in [9.17, 15) is 14.4 Å². The van der Waals surface area contributed by atoms with Crippen LogP contribution in [0.15, 0.2) is 72.9 Å². The molecule has 0 heterocycles. The van der Waals surface area contributed by atoms with Crippen molar-refractivity contribution in [1.29, 1.82) is 0 Å². The Kier molecular flexibility index (Phi) is 68.6. The summed E-state index contributed by atoms with van der Waals surface area (Å²) in [5.74, 6) is -0.867. The van der Waals surface area contributed by atoms with Crippen molar-refractivity contribution in [3.05, 3.63) is 72.9 Å². The fraction of sp³-hybridized carbons (Fsp3) is 0.805. The number of allylic oxidation sites excluding steroid dienone is 12. The van der Waals surface area contributed by atoms with Crippen LogP contribution >= 0.6 is 0 Å². The summed E-state index contributed by atoms with van der Waals surface area (Å²) in [6.45, 7) is 6.57. The largest absolute Gasteiger partial charge is 0.462 e. The molecule has 0 saturated carbocycles. The van der Waals surface area contributed by atoms with Crippen molar-refractivity contribution >= 4 is 17.9 Å². The Morgan fingerprint density at radius 1 is 0.253 bits per heavy atom. The Labute approximate surface area is 516 Å². The maximum Gasteiger partial charge on any atom is 0.306 e. The molecule has 0 fully saturated rings. The van der Waals surface area contributed by atoms with Gasteiger partial charge in [0.05, 0.1) is 0 Å². The first kappa shape index (κ1) is 79.8. The molecule has 0 saturated heterocycles. The Hall–Kier alpha value is -3.15. The van der Waals surface area contributed by atoms with Gasteiger partial charge in [0, 0.05) is 19.3 Å². The lowest BCUT2D eigenvalue weighted by Gasteiger charge is -2.18. The van der Waals surface area contributed by atoms with Crippen molar-refractivity contribution < 1.29 is 28.6 Å². The van der Waals surface area contributed by atoms with Crippen molar-refractivity contribution in [3.63, 3.8) is 0 Å². The van der Waals surface area contributed by atoms with Crippen molar-refractivity contribution in [1.82, 2.24) is 0 Å². The monoisotopic (exact) mass is 1160 g/mol. The second-order valence-electron chi connectivity index (χ2n) is 24.5. The molecule has 0 aliphatic heterocycles. The zero-order valence-corrected chi connectivity index (χ0v) is 55.5. The molecule has 6 nitrogen and oxygen atoms in total. The summed E-state index contributed by atoms with van der Waals surface area (Å²) in [5, 5.41) is 0. The highest BCUT2D eigenvalue weighted by atomic mass is 16.6. The SMILES string of the molecule is CC/C=C\C/C=C\C/C=C\C/C=C\CCCCCCCCCCC(=O)OC(COC(=O)CCCCCCCCC/C=C\CCCCCCCC)COC(=O)CCCCCCCCCCCCCCCCC/C=C\CCCCCCCCCC. The van der Waals surface area contributed by atoms with Crippen LogP contribution in [-0.2, 0) is 28.6 Å². The topological polar surface area (TPSA) is 78.9 Å². The lowest BCUT2D eigenvalue weighted by molar-refractivity contribution is -0.167. The summed E-state index contributed by atoms with van der Waals surface area (Å²) in [7, 11) is 0. The van der Waals surface area contributed by atoms with Crippen LogP contribution in [-0.4, -0.2) is 37.2 Å². The average molecular weight is 1160 g/mol. The Bertz CT molecular complexity index is 1520. The van der Waals surface area contributed by atoms with Gasteiger partial charge < -0.3 is 14.2 Å². The Morgan fingerprint density at radius 3 is 0.747 bits per heavy atom. The van der Waals surface area contributed by atoms with Crippen LogP contribution in [0.3, 0.4) is 0 Å². The first-order chi connectivity index (χ1) is 41.0. The van der Waals surface area contributed by atoms with Gasteiger partial charge in [-0.25, -0.2) is 0 Å². The van der Waals surface area contributed by atoms with E-state index in [-0.39, 0.29) is 31.1 Å². The van der Waals surface area contributed by atoms with E-state index < -0.39 is 6.10 Å². The van der Waals surface area contributed by atoms with Gasteiger partial charge in [-0.05, 0) is 109 Å². The average Bonchev–Trinajstić information content (AvgIpc) is 3.50. The molecule has 0 radical (unpaired) electrons. The molecule has 0 N–H and O–H groups in total. The molecule has 0 aromatic rings. The first-order valence-electron chi connectivity index (χ1n) is 36.4. The predicted octanol–water partition coefficient (Wildman–Crippen LogP) is 25.2. The second kappa shape index (κ2) is 71.3. The molecular formula is C77H138O6. The molecule has 83 heavy (non-hydrogen) atoms. The van der Waals surface area contributed by atoms with E-state index in [4.69, 9.17) is 14.2 Å². The normalized spacial score (nSPS) is 12.5. The number of ether oxygens (including phenoxy) is 3. The maximum atomic E-state index is 13.0. The molecule has 0 spiro atoms. The van der Waals surface area contributed by atoms with Crippen molar-refractivity contribution in [2.45, 2.75) is 386 Å². The van der Waals surface area contributed by atoms with Crippen LogP contribution in [0.1, 0.15) is 380 Å². The van der Waals surface area contributed by atoms with E-state index in [1.54, 1.807) is 0 Å². The van der Waals surface area contributed by atoms with Gasteiger partial charge in [-0.2, -0.15) is 0 Å². The molecule has 0 rings (SSSR count). The van der Waals surface area contributed by atoms with E-state index in [1.807, 2.05) is 0 Å². The maximum absolute atomic E-state index is 13.0. The van der Waals surface area contributed by atoms with E-state index in [2.05, 4.69) is 93.7 Å². The summed E-state index contributed by atoms with van der Waals surface area (Å²) in [4.78, 5) is 38.5. The number of carbonyl (C=O) groups is 3. The summed E-state index contributed by atoms with van der Waals surface area (Å²) in [5.41, 5.74) is 0. The van der Waals surface area contributed by atoms with Crippen molar-refractivity contribution in [3.8, 4) is 0 Å². The quantitative estimate of drug-likeness (QED) is 0.0261. The predicted molar refractivity (Wildman–Crippen MR) is 362 cm³/mol. The molecule has 0 aliphatic rings. The highest BCUT2D eigenvalue weighted by Gasteiger charge is 2.19. The van der Waals surface area contributed by atoms with E-state index in [0.29, 0.717) is 19.3 Å². The molecule has 0 bridgehead atoms. The first-order valence-corrected chi connectivity index (χ1v) is 36.4. The molecule has 0 aromatic heterocycles. The minimum absolute atomic E-state index is 0.0770. The number of unbranched alkanes of at least 4 members (excludes halogenated alkanes) is 44.